The first kappa shape index (κ1) is 20.3. The second-order valence-electron chi connectivity index (χ2n) is 6.71. The number of nitrogens with zero attached hydrogens (tertiary/aromatic N) is 1. The molecular formula is C21H18ClFN2O4S. The Kier molecular flexibility index (Phi) is 4.99. The Morgan fingerprint density at radius 2 is 1.67 bits per heavy atom. The number of benzene rings is 2. The zero-order valence-corrected chi connectivity index (χ0v) is 17.9. The van der Waals surface area contributed by atoms with Gasteiger partial charge in [-0.2, -0.15) is 4.39 Å². The molecule has 4 rings (SSSR count). The van der Waals surface area contributed by atoms with Gasteiger partial charge in [0, 0.05) is 23.2 Å². The predicted molar refractivity (Wildman–Crippen MR) is 114 cm³/mol. The number of aryl methyl sites for hydroxylation is 1. The van der Waals surface area contributed by atoms with Crippen molar-refractivity contribution >= 4 is 32.5 Å². The highest BCUT2D eigenvalue weighted by molar-refractivity contribution is 7.90. The van der Waals surface area contributed by atoms with E-state index in [1.54, 1.807) is 30.5 Å². The lowest BCUT2D eigenvalue weighted by atomic mass is 10.1. The molecule has 30 heavy (non-hydrogen) atoms. The fourth-order valence-corrected chi connectivity index (χ4v) is 4.99. The third-order valence-corrected chi connectivity index (χ3v) is 6.85. The monoisotopic (exact) mass is 448 g/mol. The molecule has 0 fully saturated rings. The van der Waals surface area contributed by atoms with Crippen molar-refractivity contribution in [3.05, 3.63) is 65.2 Å². The molecule has 2 heterocycles. The van der Waals surface area contributed by atoms with Gasteiger partial charge < -0.3 is 14.5 Å². The first-order valence-electron chi connectivity index (χ1n) is 8.90. The molecule has 0 spiro atoms. The Morgan fingerprint density at radius 1 is 1.03 bits per heavy atom. The average Bonchev–Trinajstić information content (AvgIpc) is 3.27. The summed E-state index contributed by atoms with van der Waals surface area (Å²) in [5, 5.41) is 0.331. The molecule has 0 bridgehead atoms. The Morgan fingerprint density at radius 3 is 2.30 bits per heavy atom. The van der Waals surface area contributed by atoms with E-state index in [9.17, 15) is 12.8 Å². The Bertz CT molecular complexity index is 1360. The van der Waals surface area contributed by atoms with Crippen molar-refractivity contribution in [2.45, 2.75) is 11.8 Å². The van der Waals surface area contributed by atoms with Crippen molar-refractivity contribution in [3.63, 3.8) is 0 Å². The normalized spacial score (nSPS) is 11.8. The van der Waals surface area contributed by atoms with Gasteiger partial charge in [-0.15, -0.1) is 0 Å². The van der Waals surface area contributed by atoms with Crippen molar-refractivity contribution in [1.29, 1.82) is 0 Å². The molecule has 2 aromatic carbocycles. The summed E-state index contributed by atoms with van der Waals surface area (Å²) in [6.45, 7) is 1.84. The van der Waals surface area contributed by atoms with Crippen molar-refractivity contribution in [2.24, 2.45) is 0 Å². The molecule has 0 amide bonds. The van der Waals surface area contributed by atoms with Gasteiger partial charge in [0.15, 0.2) is 11.5 Å². The quantitative estimate of drug-likeness (QED) is 0.466. The lowest BCUT2D eigenvalue weighted by Gasteiger charge is -2.12. The van der Waals surface area contributed by atoms with Crippen molar-refractivity contribution in [1.82, 2.24) is 8.96 Å². The summed E-state index contributed by atoms with van der Waals surface area (Å²) < 4.78 is 52.7. The molecule has 0 aliphatic carbocycles. The third-order valence-electron chi connectivity index (χ3n) is 4.88. The van der Waals surface area contributed by atoms with Crippen LogP contribution in [0.4, 0.5) is 4.39 Å². The maximum atomic E-state index is 14.9. The number of hydrogen-bond donors (Lipinski definition) is 1. The number of fused-ring (bicyclic) bond motifs is 1. The van der Waals surface area contributed by atoms with Crippen LogP contribution in [-0.2, 0) is 10.0 Å². The molecule has 0 unspecified atom stereocenters. The number of nitrogens with one attached hydrogen (secondary N) is 1. The van der Waals surface area contributed by atoms with Crippen molar-refractivity contribution < 1.29 is 22.3 Å². The van der Waals surface area contributed by atoms with Gasteiger partial charge in [-0.05, 0) is 31.2 Å². The lowest BCUT2D eigenvalue weighted by Crippen LogP contribution is -2.16. The van der Waals surface area contributed by atoms with E-state index in [-0.39, 0.29) is 15.6 Å². The number of methoxy groups -OCH3 is 2. The van der Waals surface area contributed by atoms with Crippen molar-refractivity contribution in [3.8, 4) is 22.8 Å². The second kappa shape index (κ2) is 7.37. The number of H-pyrrole nitrogens is 1. The fraction of sp³-hybridized carbons (Fsp3) is 0.143. The molecule has 0 saturated heterocycles. The molecule has 0 radical (unpaired) electrons. The van der Waals surface area contributed by atoms with Gasteiger partial charge in [0.2, 0.25) is 5.95 Å². The van der Waals surface area contributed by atoms with Crippen LogP contribution in [0.25, 0.3) is 22.2 Å². The Labute approximate surface area is 177 Å². The summed E-state index contributed by atoms with van der Waals surface area (Å²) in [7, 11) is -1.22. The summed E-state index contributed by atoms with van der Waals surface area (Å²) in [6, 6.07) is 10.9. The predicted octanol–water partition coefficient (Wildman–Crippen LogP) is 4.99. The molecular weight excluding hydrogens is 431 g/mol. The first-order chi connectivity index (χ1) is 14.3. The highest BCUT2D eigenvalue weighted by atomic mass is 35.5. The summed E-state index contributed by atoms with van der Waals surface area (Å²) >= 11 is 6.01. The van der Waals surface area contributed by atoms with Crippen LogP contribution in [0.1, 0.15) is 5.56 Å². The van der Waals surface area contributed by atoms with Gasteiger partial charge in [0.05, 0.1) is 35.3 Å². The summed E-state index contributed by atoms with van der Waals surface area (Å²) in [6.07, 6.45) is 1.59. The number of aromatic nitrogens is 2. The van der Waals surface area contributed by atoms with E-state index >= 15 is 0 Å². The maximum Gasteiger partial charge on any atom is 0.270 e. The van der Waals surface area contributed by atoms with E-state index in [2.05, 4.69) is 4.98 Å². The van der Waals surface area contributed by atoms with E-state index in [1.807, 2.05) is 6.92 Å². The van der Waals surface area contributed by atoms with Crippen LogP contribution in [-0.4, -0.2) is 31.6 Å². The van der Waals surface area contributed by atoms with E-state index in [0.717, 1.165) is 5.56 Å². The minimum Gasteiger partial charge on any atom is -0.493 e. The molecule has 1 N–H and O–H groups in total. The van der Waals surface area contributed by atoms with Crippen LogP contribution in [0.5, 0.6) is 11.5 Å². The van der Waals surface area contributed by atoms with Crippen molar-refractivity contribution in [2.75, 3.05) is 14.2 Å². The molecule has 9 heteroatoms. The van der Waals surface area contributed by atoms with Gasteiger partial charge in [0.25, 0.3) is 10.0 Å². The van der Waals surface area contributed by atoms with Crippen LogP contribution in [0.2, 0.25) is 5.02 Å². The first-order valence-corrected chi connectivity index (χ1v) is 10.7. The van der Waals surface area contributed by atoms with Gasteiger partial charge in [-0.1, -0.05) is 29.3 Å². The van der Waals surface area contributed by atoms with Gasteiger partial charge in [-0.25, -0.2) is 12.4 Å². The van der Waals surface area contributed by atoms with E-state index in [0.29, 0.717) is 31.9 Å². The van der Waals surface area contributed by atoms with Gasteiger partial charge in [-0.3, -0.25) is 0 Å². The van der Waals surface area contributed by atoms with Crippen LogP contribution in [0.15, 0.2) is 53.6 Å². The fourth-order valence-electron chi connectivity index (χ4n) is 3.34. The molecule has 0 aliphatic rings. The molecule has 0 atom stereocenters. The van der Waals surface area contributed by atoms with E-state index < -0.39 is 16.0 Å². The Hall–Kier alpha value is -2.97. The zero-order valence-electron chi connectivity index (χ0n) is 16.4. The molecule has 2 aromatic heterocycles. The third kappa shape index (κ3) is 3.12. The number of aromatic amines is 1. The number of ether oxygens (including phenoxy) is 2. The van der Waals surface area contributed by atoms with Gasteiger partial charge >= 0.3 is 0 Å². The van der Waals surface area contributed by atoms with Gasteiger partial charge in [0.1, 0.15) is 0 Å². The zero-order chi connectivity index (χ0) is 21.6. The highest BCUT2D eigenvalue weighted by Gasteiger charge is 2.28. The smallest absolute Gasteiger partial charge is 0.270 e. The lowest BCUT2D eigenvalue weighted by molar-refractivity contribution is 0.356. The van der Waals surface area contributed by atoms with E-state index in [4.69, 9.17) is 21.1 Å². The van der Waals surface area contributed by atoms with Crippen LogP contribution in [0, 0.1) is 12.9 Å². The molecule has 6 nitrogen and oxygen atoms in total. The summed E-state index contributed by atoms with van der Waals surface area (Å²) in [4.78, 5) is 3.02. The standard InChI is InChI=1S/C21H18ClFN2O4S/c1-12-4-6-13(7-5-12)30(26,27)25-18(9-16(22)21(25)23)15-11-24-17-10-20(29-3)19(28-2)8-14(15)17/h4-11,24H,1-3H3. The van der Waals surface area contributed by atoms with Crippen LogP contribution < -0.4 is 9.47 Å². The topological polar surface area (TPSA) is 73.3 Å². The second-order valence-corrected chi connectivity index (χ2v) is 8.90. The number of rotatable bonds is 5. The molecule has 0 saturated carbocycles. The highest BCUT2D eigenvalue weighted by Crippen LogP contribution is 2.39. The summed E-state index contributed by atoms with van der Waals surface area (Å²) in [5.74, 6) is -0.0933. The SMILES string of the molecule is COc1cc2[nH]cc(-c3cc(Cl)c(F)n3S(=O)(=O)c3ccc(C)cc3)c2cc1OC. The summed E-state index contributed by atoms with van der Waals surface area (Å²) in [5.41, 5.74) is 2.10. The number of halogens is 2. The minimum absolute atomic E-state index is 0.0420. The van der Waals surface area contributed by atoms with Crippen LogP contribution in [0.3, 0.4) is 0 Å². The number of hydrogen-bond acceptors (Lipinski definition) is 4. The minimum atomic E-state index is -4.23. The molecule has 156 valence electrons. The Balaban J connectivity index is 1.98. The van der Waals surface area contributed by atoms with E-state index in [1.165, 1.54) is 32.4 Å². The molecule has 0 aliphatic heterocycles. The maximum absolute atomic E-state index is 14.9. The average molecular weight is 449 g/mol. The van der Waals surface area contributed by atoms with Crippen LogP contribution >= 0.6 is 11.6 Å². The largest absolute Gasteiger partial charge is 0.493 e. The molecule has 4 aromatic rings.